The highest BCUT2D eigenvalue weighted by Gasteiger charge is 2.18. The van der Waals surface area contributed by atoms with E-state index in [4.69, 9.17) is 14.4 Å². The Hall–Kier alpha value is -7.10. The van der Waals surface area contributed by atoms with Crippen LogP contribution in [0.1, 0.15) is 0 Å². The molecule has 53 heavy (non-hydrogen) atoms. The van der Waals surface area contributed by atoms with Crippen molar-refractivity contribution in [1.29, 1.82) is 0 Å². The van der Waals surface area contributed by atoms with Crippen molar-refractivity contribution in [1.82, 2.24) is 9.97 Å². The van der Waals surface area contributed by atoms with Crippen LogP contribution in [0.5, 0.6) is 0 Å². The van der Waals surface area contributed by atoms with Crippen molar-refractivity contribution in [3.8, 4) is 44.9 Å². The molecule has 2 heterocycles. The van der Waals surface area contributed by atoms with Gasteiger partial charge in [0.25, 0.3) is 0 Å². The fourth-order valence-electron chi connectivity index (χ4n) is 8.14. The van der Waals surface area contributed by atoms with E-state index >= 15 is 0 Å². The van der Waals surface area contributed by atoms with Crippen LogP contribution in [-0.2, 0) is 0 Å². The van der Waals surface area contributed by atoms with E-state index in [0.717, 1.165) is 77.3 Å². The molecular formula is C50H30N2O. The summed E-state index contributed by atoms with van der Waals surface area (Å²) in [4.78, 5) is 10.4. The topological polar surface area (TPSA) is 38.9 Å². The first-order chi connectivity index (χ1) is 26.3. The zero-order chi connectivity index (χ0) is 34.9. The molecule has 3 nitrogen and oxygen atoms in total. The summed E-state index contributed by atoms with van der Waals surface area (Å²) in [7, 11) is 0. The number of benzene rings is 9. The van der Waals surface area contributed by atoms with E-state index in [0.29, 0.717) is 5.82 Å². The highest BCUT2D eigenvalue weighted by molar-refractivity contribution is 6.32. The fourth-order valence-corrected chi connectivity index (χ4v) is 8.14. The lowest BCUT2D eigenvalue weighted by molar-refractivity contribution is 0.673. The van der Waals surface area contributed by atoms with Gasteiger partial charge in [0, 0.05) is 32.7 Å². The van der Waals surface area contributed by atoms with Crippen molar-refractivity contribution >= 4 is 65.2 Å². The molecule has 0 N–H and O–H groups in total. The third kappa shape index (κ3) is 4.75. The third-order valence-corrected chi connectivity index (χ3v) is 10.6. The maximum absolute atomic E-state index is 6.63. The van der Waals surface area contributed by atoms with E-state index in [1.54, 1.807) is 0 Å². The molecular weight excluding hydrogens is 645 g/mol. The Labute approximate surface area is 305 Å². The normalized spacial score (nSPS) is 11.8. The fraction of sp³-hybridized carbons (Fsp3) is 0. The molecule has 0 fully saturated rings. The molecule has 0 saturated carbocycles. The molecule has 0 aliphatic rings. The van der Waals surface area contributed by atoms with Crippen molar-refractivity contribution < 1.29 is 4.42 Å². The van der Waals surface area contributed by atoms with Gasteiger partial charge in [0.2, 0.25) is 0 Å². The van der Waals surface area contributed by atoms with Crippen LogP contribution < -0.4 is 0 Å². The summed E-state index contributed by atoms with van der Waals surface area (Å²) in [5, 5.41) is 10.5. The summed E-state index contributed by atoms with van der Waals surface area (Å²) in [6, 6.07) is 64.4. The first-order valence-corrected chi connectivity index (χ1v) is 18.0. The second kappa shape index (κ2) is 11.7. The third-order valence-electron chi connectivity index (χ3n) is 10.6. The van der Waals surface area contributed by atoms with Gasteiger partial charge in [-0.2, -0.15) is 0 Å². The Morgan fingerprint density at radius 2 is 0.887 bits per heavy atom. The van der Waals surface area contributed by atoms with Gasteiger partial charge >= 0.3 is 0 Å². The zero-order valence-electron chi connectivity index (χ0n) is 28.6. The maximum atomic E-state index is 6.63. The molecule has 0 spiro atoms. The average Bonchev–Trinajstić information content (AvgIpc) is 3.62. The van der Waals surface area contributed by atoms with Crippen LogP contribution in [0, 0.1) is 0 Å². The van der Waals surface area contributed by atoms with Crippen LogP contribution in [0.4, 0.5) is 0 Å². The number of hydrogen-bond acceptors (Lipinski definition) is 3. The van der Waals surface area contributed by atoms with E-state index in [2.05, 4.69) is 164 Å². The molecule has 0 saturated heterocycles. The van der Waals surface area contributed by atoms with Gasteiger partial charge in [-0.1, -0.05) is 140 Å². The lowest BCUT2D eigenvalue weighted by atomic mass is 9.90. The first-order valence-electron chi connectivity index (χ1n) is 18.0. The largest absolute Gasteiger partial charge is 0.455 e. The molecule has 3 heteroatoms. The minimum atomic E-state index is 0.700. The van der Waals surface area contributed by atoms with E-state index in [1.807, 2.05) is 18.2 Å². The van der Waals surface area contributed by atoms with Crippen LogP contribution >= 0.6 is 0 Å². The van der Waals surface area contributed by atoms with Gasteiger partial charge in [-0.25, -0.2) is 9.97 Å². The Bertz CT molecular complexity index is 3220. The highest BCUT2D eigenvalue weighted by Crippen LogP contribution is 2.43. The SMILES string of the molecule is c1ccc(-c2cc(-c3ccc4c(c3)c3ccccc3c3ccc5c6ccccc6oc5c34)cc(-c3nc(-c4ccccc4)c4ccccc4n3)c2)cc1. The number of rotatable bonds is 4. The summed E-state index contributed by atoms with van der Waals surface area (Å²) in [5.41, 5.74) is 10.2. The summed E-state index contributed by atoms with van der Waals surface area (Å²) in [6.45, 7) is 0. The number of aromatic nitrogens is 2. The molecule has 0 aliphatic carbocycles. The molecule has 9 aromatic carbocycles. The second-order valence-electron chi connectivity index (χ2n) is 13.7. The van der Waals surface area contributed by atoms with Gasteiger partial charge in [0.05, 0.1) is 11.2 Å². The van der Waals surface area contributed by atoms with Gasteiger partial charge < -0.3 is 4.42 Å². The summed E-state index contributed by atoms with van der Waals surface area (Å²) < 4.78 is 6.63. The minimum Gasteiger partial charge on any atom is -0.455 e. The lowest BCUT2D eigenvalue weighted by Gasteiger charge is -2.15. The van der Waals surface area contributed by atoms with Crippen LogP contribution in [0.25, 0.3) is 110 Å². The van der Waals surface area contributed by atoms with Crippen molar-refractivity contribution in [3.63, 3.8) is 0 Å². The van der Waals surface area contributed by atoms with E-state index in [-0.39, 0.29) is 0 Å². The molecule has 11 aromatic rings. The number of furan rings is 1. The quantitative estimate of drug-likeness (QED) is 0.174. The summed E-state index contributed by atoms with van der Waals surface area (Å²) in [5.74, 6) is 0.700. The van der Waals surface area contributed by atoms with E-state index in [1.165, 1.54) is 26.9 Å². The maximum Gasteiger partial charge on any atom is 0.160 e. The first kappa shape index (κ1) is 29.6. The summed E-state index contributed by atoms with van der Waals surface area (Å²) >= 11 is 0. The van der Waals surface area contributed by atoms with Gasteiger partial charge in [-0.05, 0) is 91.6 Å². The molecule has 11 rings (SSSR count). The van der Waals surface area contributed by atoms with Gasteiger partial charge in [0.1, 0.15) is 11.2 Å². The number of para-hydroxylation sites is 2. The van der Waals surface area contributed by atoms with Crippen LogP contribution in [-0.4, -0.2) is 9.97 Å². The molecule has 246 valence electrons. The smallest absolute Gasteiger partial charge is 0.160 e. The Kier molecular flexibility index (Phi) is 6.55. The van der Waals surface area contributed by atoms with E-state index in [9.17, 15) is 0 Å². The predicted molar refractivity (Wildman–Crippen MR) is 221 cm³/mol. The van der Waals surface area contributed by atoms with Crippen molar-refractivity contribution in [3.05, 3.63) is 182 Å². The predicted octanol–water partition coefficient (Wildman–Crippen LogP) is 13.7. The van der Waals surface area contributed by atoms with E-state index < -0.39 is 0 Å². The minimum absolute atomic E-state index is 0.700. The summed E-state index contributed by atoms with van der Waals surface area (Å²) in [6.07, 6.45) is 0. The number of hydrogen-bond donors (Lipinski definition) is 0. The Morgan fingerprint density at radius 1 is 0.321 bits per heavy atom. The lowest BCUT2D eigenvalue weighted by Crippen LogP contribution is -1.96. The zero-order valence-corrected chi connectivity index (χ0v) is 28.6. The van der Waals surface area contributed by atoms with Gasteiger partial charge in [-0.15, -0.1) is 0 Å². The Morgan fingerprint density at radius 3 is 1.68 bits per heavy atom. The second-order valence-corrected chi connectivity index (χ2v) is 13.7. The standard InChI is InChI=1S/C50H30N2O/c1-3-13-31(14-4-1)34-27-35(29-36(28-34)50-51-45-21-11-9-20-43(45)48(52-50)32-15-5-2-6-16-32)33-23-24-41-44(30-33)38-18-8-7-17-37(38)40-25-26-42-39-19-10-12-22-46(39)53-49(42)47(40)41/h1-30H. The molecule has 0 unspecified atom stereocenters. The van der Waals surface area contributed by atoms with Crippen LogP contribution in [0.3, 0.4) is 0 Å². The van der Waals surface area contributed by atoms with Crippen molar-refractivity contribution in [2.75, 3.05) is 0 Å². The van der Waals surface area contributed by atoms with Crippen molar-refractivity contribution in [2.24, 2.45) is 0 Å². The van der Waals surface area contributed by atoms with Gasteiger partial charge in [0.15, 0.2) is 5.82 Å². The monoisotopic (exact) mass is 674 g/mol. The van der Waals surface area contributed by atoms with Crippen LogP contribution in [0.2, 0.25) is 0 Å². The molecule has 0 amide bonds. The molecule has 0 aliphatic heterocycles. The highest BCUT2D eigenvalue weighted by atomic mass is 16.3. The molecule has 0 atom stereocenters. The molecule has 0 bridgehead atoms. The van der Waals surface area contributed by atoms with Crippen molar-refractivity contribution in [2.45, 2.75) is 0 Å². The number of nitrogens with zero attached hydrogens (tertiary/aromatic N) is 2. The molecule has 2 aromatic heterocycles. The number of fused-ring (bicyclic) bond motifs is 11. The van der Waals surface area contributed by atoms with Crippen LogP contribution in [0.15, 0.2) is 186 Å². The van der Waals surface area contributed by atoms with Gasteiger partial charge in [-0.3, -0.25) is 0 Å². The average molecular weight is 675 g/mol. The Balaban J connectivity index is 1.18. The molecule has 0 radical (unpaired) electrons.